The van der Waals surface area contributed by atoms with Crippen LogP contribution in [0, 0.1) is 17.6 Å². The second-order valence-corrected chi connectivity index (χ2v) is 10.7. The number of hydrogen-bond acceptors (Lipinski definition) is 7. The van der Waals surface area contributed by atoms with E-state index in [9.17, 15) is 14.3 Å². The van der Waals surface area contributed by atoms with Gasteiger partial charge in [0.2, 0.25) is 5.91 Å². The number of nitrogens with zero attached hydrogens (tertiary/aromatic N) is 5. The first kappa shape index (κ1) is 28.0. The highest BCUT2D eigenvalue weighted by molar-refractivity contribution is 6.34. The van der Waals surface area contributed by atoms with Crippen LogP contribution in [0.4, 0.5) is 14.6 Å². The molecule has 2 aromatic carbocycles. The number of halogens is 3. The van der Waals surface area contributed by atoms with Crippen molar-refractivity contribution in [3.63, 3.8) is 0 Å². The maximum absolute atomic E-state index is 16.2. The van der Waals surface area contributed by atoms with Crippen LogP contribution in [0.5, 0.6) is 11.8 Å². The molecule has 0 unspecified atom stereocenters. The molecule has 0 bridgehead atoms. The van der Waals surface area contributed by atoms with Gasteiger partial charge in [-0.1, -0.05) is 31.2 Å². The Morgan fingerprint density at radius 1 is 1.15 bits per heavy atom. The second-order valence-electron chi connectivity index (χ2n) is 10.3. The standard InChI is InChI=1S/C29H32ClF2N5O3/c1-3-23(39)36-11-13-37(14-12-36)28-19-17-20(30)24(25-21(31)5-4-6-22(25)38)26(32)27(19)33-29(34-28)40-16-15-35-9-7-18(2)8-10-35/h3-6,17-18,38H,1,7-16H2,2H3. The van der Waals surface area contributed by atoms with Gasteiger partial charge in [-0.25, -0.2) is 8.78 Å². The van der Waals surface area contributed by atoms with Crippen LogP contribution in [0.3, 0.4) is 0 Å². The third-order valence-electron chi connectivity index (χ3n) is 7.66. The summed E-state index contributed by atoms with van der Waals surface area (Å²) in [5, 5.41) is 10.6. The molecule has 2 saturated heterocycles. The predicted molar refractivity (Wildman–Crippen MR) is 151 cm³/mol. The van der Waals surface area contributed by atoms with Crippen LogP contribution in [-0.4, -0.2) is 83.2 Å². The first-order valence-corrected chi connectivity index (χ1v) is 13.8. The molecule has 0 saturated carbocycles. The van der Waals surface area contributed by atoms with E-state index >= 15 is 4.39 Å². The summed E-state index contributed by atoms with van der Waals surface area (Å²) >= 11 is 6.51. The average molecular weight is 572 g/mol. The highest BCUT2D eigenvalue weighted by Crippen LogP contribution is 2.42. The fourth-order valence-electron chi connectivity index (χ4n) is 5.27. The van der Waals surface area contributed by atoms with E-state index in [-0.39, 0.29) is 33.6 Å². The topological polar surface area (TPSA) is 82.0 Å². The summed E-state index contributed by atoms with van der Waals surface area (Å²) in [4.78, 5) is 27.0. The smallest absolute Gasteiger partial charge is 0.319 e. The van der Waals surface area contributed by atoms with Crippen molar-refractivity contribution in [1.82, 2.24) is 19.8 Å². The number of ether oxygens (including phenoxy) is 1. The van der Waals surface area contributed by atoms with Gasteiger partial charge in [-0.05, 0) is 56.1 Å². The molecular formula is C29H32ClF2N5O3. The zero-order chi connectivity index (χ0) is 28.4. The fourth-order valence-corrected chi connectivity index (χ4v) is 5.56. The summed E-state index contributed by atoms with van der Waals surface area (Å²) in [7, 11) is 0. The number of piperidine rings is 1. The van der Waals surface area contributed by atoms with E-state index in [0.29, 0.717) is 56.5 Å². The molecule has 3 heterocycles. The molecule has 1 aromatic heterocycles. The molecule has 2 aliphatic heterocycles. The second kappa shape index (κ2) is 11.9. The number of phenols is 1. The van der Waals surface area contributed by atoms with Gasteiger partial charge < -0.3 is 19.6 Å². The molecule has 2 aliphatic rings. The lowest BCUT2D eigenvalue weighted by Crippen LogP contribution is -2.48. The molecule has 3 aromatic rings. The number of fused-ring (bicyclic) bond motifs is 1. The lowest BCUT2D eigenvalue weighted by Gasteiger charge is -2.35. The summed E-state index contributed by atoms with van der Waals surface area (Å²) in [6, 6.07) is 5.19. The maximum Gasteiger partial charge on any atom is 0.319 e. The molecule has 0 aliphatic carbocycles. The Hall–Kier alpha value is -3.50. The maximum atomic E-state index is 16.2. The monoisotopic (exact) mass is 571 g/mol. The zero-order valence-corrected chi connectivity index (χ0v) is 23.1. The molecule has 0 radical (unpaired) electrons. The predicted octanol–water partition coefficient (Wildman–Crippen LogP) is 4.88. The van der Waals surface area contributed by atoms with E-state index in [1.54, 1.807) is 4.90 Å². The molecular weight excluding hydrogens is 540 g/mol. The van der Waals surface area contributed by atoms with Crippen molar-refractivity contribution >= 4 is 34.2 Å². The van der Waals surface area contributed by atoms with Crippen molar-refractivity contribution in [2.24, 2.45) is 5.92 Å². The van der Waals surface area contributed by atoms with Crippen molar-refractivity contribution < 1.29 is 23.4 Å². The lowest BCUT2D eigenvalue weighted by molar-refractivity contribution is -0.126. The number of carbonyl (C=O) groups excluding carboxylic acids is 1. The van der Waals surface area contributed by atoms with Gasteiger partial charge in [0, 0.05) is 43.7 Å². The SMILES string of the molecule is C=CC(=O)N1CCN(c2nc(OCCN3CCC(C)CC3)nc3c(F)c(-c4c(O)cccc4F)c(Cl)cc23)CC1. The van der Waals surface area contributed by atoms with E-state index in [4.69, 9.17) is 16.3 Å². The minimum atomic E-state index is -0.887. The molecule has 0 spiro atoms. The quantitative estimate of drug-likeness (QED) is 0.405. The number of benzene rings is 2. The first-order chi connectivity index (χ1) is 19.3. The zero-order valence-electron chi connectivity index (χ0n) is 22.4. The summed E-state index contributed by atoms with van der Waals surface area (Å²) in [5.41, 5.74) is -0.729. The van der Waals surface area contributed by atoms with Gasteiger partial charge in [0.25, 0.3) is 0 Å². The minimum Gasteiger partial charge on any atom is -0.507 e. The van der Waals surface area contributed by atoms with Crippen LogP contribution >= 0.6 is 11.6 Å². The van der Waals surface area contributed by atoms with Crippen molar-refractivity contribution in [3.8, 4) is 22.9 Å². The highest BCUT2D eigenvalue weighted by Gasteiger charge is 2.27. The number of carbonyl (C=O) groups is 1. The minimum absolute atomic E-state index is 0.0117. The van der Waals surface area contributed by atoms with Gasteiger partial charge in [-0.2, -0.15) is 9.97 Å². The van der Waals surface area contributed by atoms with Crippen LogP contribution in [0.2, 0.25) is 5.02 Å². The number of aromatic hydroxyl groups is 1. The Morgan fingerprint density at radius 2 is 1.88 bits per heavy atom. The molecule has 8 nitrogen and oxygen atoms in total. The lowest BCUT2D eigenvalue weighted by atomic mass is 9.99. The Labute approximate surface area is 236 Å². The first-order valence-electron chi connectivity index (χ1n) is 13.5. The Bertz CT molecular complexity index is 1400. The van der Waals surface area contributed by atoms with Crippen molar-refractivity contribution in [2.75, 3.05) is 57.3 Å². The van der Waals surface area contributed by atoms with Gasteiger partial charge in [0.05, 0.1) is 10.6 Å². The largest absolute Gasteiger partial charge is 0.507 e. The number of phenolic OH excluding ortho intramolecular Hbond substituents is 1. The Kier molecular flexibility index (Phi) is 8.37. The molecule has 212 valence electrons. The normalized spacial score (nSPS) is 16.9. The fraction of sp³-hybridized carbons (Fsp3) is 0.414. The number of likely N-dealkylation sites (tertiary alicyclic amines) is 1. The van der Waals surface area contributed by atoms with E-state index in [1.807, 2.05) is 4.90 Å². The summed E-state index contributed by atoms with van der Waals surface area (Å²) in [6.07, 6.45) is 3.54. The number of anilines is 1. The van der Waals surface area contributed by atoms with Gasteiger partial charge >= 0.3 is 6.01 Å². The molecule has 0 atom stereocenters. The molecule has 40 heavy (non-hydrogen) atoms. The van der Waals surface area contributed by atoms with Gasteiger partial charge in [-0.3, -0.25) is 9.69 Å². The van der Waals surface area contributed by atoms with Crippen LogP contribution in [0.1, 0.15) is 19.8 Å². The molecule has 1 amide bonds. The van der Waals surface area contributed by atoms with Crippen molar-refractivity contribution in [2.45, 2.75) is 19.8 Å². The third kappa shape index (κ3) is 5.69. The highest BCUT2D eigenvalue weighted by atomic mass is 35.5. The van der Waals surface area contributed by atoms with E-state index < -0.39 is 17.4 Å². The van der Waals surface area contributed by atoms with Crippen molar-refractivity contribution in [1.29, 1.82) is 0 Å². The van der Waals surface area contributed by atoms with Crippen LogP contribution in [-0.2, 0) is 4.79 Å². The molecule has 11 heteroatoms. The summed E-state index contributed by atoms with van der Waals surface area (Å²) < 4.78 is 36.9. The van der Waals surface area contributed by atoms with Crippen LogP contribution < -0.4 is 9.64 Å². The van der Waals surface area contributed by atoms with E-state index in [0.717, 1.165) is 32.0 Å². The molecule has 2 fully saturated rings. The third-order valence-corrected chi connectivity index (χ3v) is 7.96. The molecule has 5 rings (SSSR count). The summed E-state index contributed by atoms with van der Waals surface area (Å²) in [6.45, 7) is 10.5. The Balaban J connectivity index is 1.52. The van der Waals surface area contributed by atoms with Crippen LogP contribution in [0.25, 0.3) is 22.0 Å². The number of rotatable bonds is 7. The van der Waals surface area contributed by atoms with Gasteiger partial charge in [0.1, 0.15) is 29.5 Å². The van der Waals surface area contributed by atoms with Crippen molar-refractivity contribution in [3.05, 3.63) is 53.6 Å². The van der Waals surface area contributed by atoms with E-state index in [1.165, 1.54) is 24.3 Å². The van der Waals surface area contributed by atoms with Gasteiger partial charge in [-0.15, -0.1) is 0 Å². The molecule has 1 N–H and O–H groups in total. The summed E-state index contributed by atoms with van der Waals surface area (Å²) in [5.74, 6) is -1.19. The number of piperazine rings is 1. The van der Waals surface area contributed by atoms with Crippen LogP contribution in [0.15, 0.2) is 36.9 Å². The average Bonchev–Trinajstić information content (AvgIpc) is 2.95. The number of amides is 1. The Morgan fingerprint density at radius 3 is 2.55 bits per heavy atom. The number of aromatic nitrogens is 2. The van der Waals surface area contributed by atoms with Gasteiger partial charge in [0.15, 0.2) is 5.82 Å². The van der Waals surface area contributed by atoms with E-state index in [2.05, 4.69) is 28.4 Å². The number of hydrogen-bond donors (Lipinski definition) is 1.